The number of pyridine rings is 1. The summed E-state index contributed by atoms with van der Waals surface area (Å²) in [5.74, 6) is 1.03. The Morgan fingerprint density at radius 1 is 1.21 bits per heavy atom. The molecule has 4 aromatic rings. The summed E-state index contributed by atoms with van der Waals surface area (Å²) in [4.78, 5) is 27.7. The molecule has 0 spiro atoms. The molecular weight excluding hydrogens is 491 g/mol. The average Bonchev–Trinajstić information content (AvgIpc) is 3.32. The molecule has 1 aliphatic rings. The maximum Gasteiger partial charge on any atom is 0.255 e. The number of anilines is 1. The zero-order valence-electron chi connectivity index (χ0n) is 17.8. The molecule has 1 saturated heterocycles. The third kappa shape index (κ3) is 4.30. The van der Waals surface area contributed by atoms with E-state index < -0.39 is 5.82 Å². The zero-order chi connectivity index (χ0) is 22.9. The summed E-state index contributed by atoms with van der Waals surface area (Å²) in [6.45, 7) is 1.27. The maximum absolute atomic E-state index is 14.3. The van der Waals surface area contributed by atoms with Gasteiger partial charge in [0.25, 0.3) is 5.56 Å². The predicted molar refractivity (Wildman–Crippen MR) is 124 cm³/mol. The fourth-order valence-corrected chi connectivity index (χ4v) is 4.44. The van der Waals surface area contributed by atoms with Gasteiger partial charge in [0.2, 0.25) is 17.7 Å². The minimum atomic E-state index is -0.522. The van der Waals surface area contributed by atoms with Crippen LogP contribution in [-0.2, 0) is 7.05 Å². The van der Waals surface area contributed by atoms with E-state index in [4.69, 9.17) is 4.52 Å². The van der Waals surface area contributed by atoms with Crippen LogP contribution in [0, 0.1) is 5.82 Å². The molecular formula is C23H20BrFN6O2. The molecule has 4 heterocycles. The molecule has 0 bridgehead atoms. The average molecular weight is 511 g/mol. The van der Waals surface area contributed by atoms with E-state index in [0.29, 0.717) is 30.8 Å². The van der Waals surface area contributed by atoms with Gasteiger partial charge in [-0.1, -0.05) is 33.2 Å². The molecule has 33 heavy (non-hydrogen) atoms. The maximum atomic E-state index is 14.3. The summed E-state index contributed by atoms with van der Waals surface area (Å²) in [5.41, 5.74) is 1.13. The van der Waals surface area contributed by atoms with Crippen molar-refractivity contribution in [2.75, 3.05) is 18.0 Å². The predicted octanol–water partition coefficient (Wildman–Crippen LogP) is 4.18. The van der Waals surface area contributed by atoms with Crippen molar-refractivity contribution in [3.05, 3.63) is 75.3 Å². The van der Waals surface area contributed by atoms with E-state index >= 15 is 0 Å². The van der Waals surface area contributed by atoms with Crippen LogP contribution in [0.5, 0.6) is 0 Å². The van der Waals surface area contributed by atoms with Crippen LogP contribution in [0.1, 0.15) is 24.7 Å². The van der Waals surface area contributed by atoms with Crippen LogP contribution < -0.4 is 10.5 Å². The lowest BCUT2D eigenvalue weighted by molar-refractivity contribution is 0.332. The Bertz CT molecular complexity index is 1370. The van der Waals surface area contributed by atoms with Crippen LogP contribution in [0.3, 0.4) is 0 Å². The largest absolute Gasteiger partial charge is 0.341 e. The topological polar surface area (TPSA) is 89.9 Å². The van der Waals surface area contributed by atoms with Crippen molar-refractivity contribution >= 4 is 21.9 Å². The number of halogens is 2. The van der Waals surface area contributed by atoms with Gasteiger partial charge < -0.3 is 9.42 Å². The number of hydrogen-bond acceptors (Lipinski definition) is 7. The van der Waals surface area contributed by atoms with Crippen molar-refractivity contribution in [1.29, 1.82) is 0 Å². The Morgan fingerprint density at radius 3 is 2.91 bits per heavy atom. The summed E-state index contributed by atoms with van der Waals surface area (Å²) >= 11 is 3.46. The van der Waals surface area contributed by atoms with E-state index in [2.05, 4.69) is 36.0 Å². The molecule has 1 aromatic carbocycles. The summed E-state index contributed by atoms with van der Waals surface area (Å²) in [7, 11) is 1.67. The van der Waals surface area contributed by atoms with Crippen molar-refractivity contribution in [2.24, 2.45) is 7.05 Å². The highest BCUT2D eigenvalue weighted by atomic mass is 79.9. The summed E-state index contributed by atoms with van der Waals surface area (Å²) in [6, 6.07) is 10.6. The molecule has 1 unspecified atom stereocenters. The molecule has 168 valence electrons. The highest BCUT2D eigenvalue weighted by molar-refractivity contribution is 9.10. The fourth-order valence-electron chi connectivity index (χ4n) is 4.04. The first-order valence-electron chi connectivity index (χ1n) is 10.5. The molecule has 0 aliphatic carbocycles. The fraction of sp³-hybridized carbons (Fsp3) is 0.261. The molecule has 0 N–H and O–H groups in total. The highest BCUT2D eigenvalue weighted by Gasteiger charge is 2.28. The van der Waals surface area contributed by atoms with Gasteiger partial charge in [0.05, 0.1) is 17.8 Å². The van der Waals surface area contributed by atoms with Crippen LogP contribution >= 0.6 is 15.9 Å². The van der Waals surface area contributed by atoms with Gasteiger partial charge in [-0.15, -0.1) is 0 Å². The molecule has 1 fully saturated rings. The van der Waals surface area contributed by atoms with E-state index in [0.717, 1.165) is 29.1 Å². The molecule has 1 atom stereocenters. The van der Waals surface area contributed by atoms with Gasteiger partial charge in [-0.05, 0) is 31.0 Å². The zero-order valence-corrected chi connectivity index (χ0v) is 19.4. The first kappa shape index (κ1) is 21.4. The lowest BCUT2D eigenvalue weighted by atomic mass is 9.98. The molecule has 1 aliphatic heterocycles. The highest BCUT2D eigenvalue weighted by Crippen LogP contribution is 2.30. The van der Waals surface area contributed by atoms with Crippen LogP contribution in [0.4, 0.5) is 10.3 Å². The molecule has 5 rings (SSSR count). The van der Waals surface area contributed by atoms with Gasteiger partial charge in [0.15, 0.2) is 5.82 Å². The van der Waals surface area contributed by atoms with E-state index in [1.54, 1.807) is 7.05 Å². The van der Waals surface area contributed by atoms with Gasteiger partial charge in [-0.2, -0.15) is 4.98 Å². The number of hydrogen-bond donors (Lipinski definition) is 0. The Kier molecular flexibility index (Phi) is 5.76. The van der Waals surface area contributed by atoms with Crippen LogP contribution in [0.25, 0.3) is 22.6 Å². The van der Waals surface area contributed by atoms with Crippen molar-refractivity contribution in [2.45, 2.75) is 18.8 Å². The Morgan fingerprint density at radius 2 is 2.09 bits per heavy atom. The molecule has 0 radical (unpaired) electrons. The third-order valence-corrected chi connectivity index (χ3v) is 6.23. The smallest absolute Gasteiger partial charge is 0.255 e. The molecule has 3 aromatic heterocycles. The molecule has 8 nitrogen and oxygen atoms in total. The first-order chi connectivity index (χ1) is 16.0. The van der Waals surface area contributed by atoms with E-state index in [9.17, 15) is 9.18 Å². The standard InChI is InChI=1S/C23H20BrFN6O2/c1-30-20(32)11-19(17-7-8-26-12-18(17)25)27-23(30)31-9-3-5-15(13-31)22-28-21(29-33-22)14-4-2-6-16(24)10-14/h2,4,6-8,10-12,15H,3,5,9,13H2,1H3. The van der Waals surface area contributed by atoms with Gasteiger partial charge in [-0.25, -0.2) is 9.37 Å². The minimum absolute atomic E-state index is 0.00891. The Labute approximate surface area is 197 Å². The number of benzene rings is 1. The lowest BCUT2D eigenvalue weighted by Gasteiger charge is -2.32. The van der Waals surface area contributed by atoms with Gasteiger partial charge in [0.1, 0.15) is 0 Å². The normalized spacial score (nSPS) is 16.2. The number of aromatic nitrogens is 5. The van der Waals surface area contributed by atoms with Crippen molar-refractivity contribution in [1.82, 2.24) is 24.7 Å². The second kappa shape index (κ2) is 8.86. The van der Waals surface area contributed by atoms with Crippen molar-refractivity contribution in [3.63, 3.8) is 0 Å². The quantitative estimate of drug-likeness (QED) is 0.406. The lowest BCUT2D eigenvalue weighted by Crippen LogP contribution is -2.38. The number of nitrogens with zero attached hydrogens (tertiary/aromatic N) is 6. The SMILES string of the molecule is Cn1c(N2CCCC(c3nc(-c4cccc(Br)c4)no3)C2)nc(-c2ccncc2F)cc1=O. The summed E-state index contributed by atoms with van der Waals surface area (Å²) in [6.07, 6.45) is 4.34. The van der Waals surface area contributed by atoms with Crippen LogP contribution in [-0.4, -0.2) is 37.8 Å². The van der Waals surface area contributed by atoms with E-state index in [1.165, 1.54) is 22.9 Å². The van der Waals surface area contributed by atoms with Gasteiger partial charge in [0, 0.05) is 48.0 Å². The summed E-state index contributed by atoms with van der Waals surface area (Å²) < 4.78 is 22.3. The molecule has 0 amide bonds. The van der Waals surface area contributed by atoms with Gasteiger partial charge in [-0.3, -0.25) is 14.3 Å². The molecule has 10 heteroatoms. The van der Waals surface area contributed by atoms with Crippen molar-refractivity contribution < 1.29 is 8.91 Å². The van der Waals surface area contributed by atoms with E-state index in [-0.39, 0.29) is 22.7 Å². The second-order valence-corrected chi connectivity index (χ2v) is 8.86. The Balaban J connectivity index is 1.44. The first-order valence-corrected chi connectivity index (χ1v) is 11.3. The van der Waals surface area contributed by atoms with Crippen LogP contribution in [0.15, 0.2) is 62.6 Å². The number of piperidine rings is 1. The second-order valence-electron chi connectivity index (χ2n) is 7.95. The monoisotopic (exact) mass is 510 g/mol. The molecule has 0 saturated carbocycles. The number of rotatable bonds is 4. The van der Waals surface area contributed by atoms with Crippen LogP contribution in [0.2, 0.25) is 0 Å². The van der Waals surface area contributed by atoms with Gasteiger partial charge >= 0.3 is 0 Å². The third-order valence-electron chi connectivity index (χ3n) is 5.74. The van der Waals surface area contributed by atoms with Crippen molar-refractivity contribution in [3.8, 4) is 22.6 Å². The summed E-state index contributed by atoms with van der Waals surface area (Å²) in [5, 5.41) is 4.15. The Hall–Kier alpha value is -3.40. The van der Waals surface area contributed by atoms with E-state index in [1.807, 2.05) is 29.2 Å². The minimum Gasteiger partial charge on any atom is -0.341 e.